The first kappa shape index (κ1) is 70.9. The topological polar surface area (TPSA) is 335 Å². The minimum atomic E-state index is -1.08. The Morgan fingerprint density at radius 2 is 0.345 bits per heavy atom. The molecule has 0 aromatic rings. The van der Waals surface area contributed by atoms with Crippen molar-refractivity contribution in [3.8, 4) is 0 Å². The molecule has 0 aromatic carbocycles. The first-order valence-corrected chi connectivity index (χ1v) is 5.45. The van der Waals surface area contributed by atoms with Crippen LogP contribution in [0.15, 0.2) is 0 Å². The number of hydrogen-bond acceptors (Lipinski definition) is 12. The molecular formula is C12H24O15Tl2. The molecule has 17 heteroatoms. The SMILES string of the molecule is CC(=O)[O-].CC(=O)[O-].CC(=O)[O-].CC(=O)[O-].CC(=O)[O-].CC(=O)[O-].O.O.O.[Tl+3].[Tl+3]. The van der Waals surface area contributed by atoms with E-state index in [1.165, 1.54) is 0 Å². The van der Waals surface area contributed by atoms with Crippen molar-refractivity contribution in [2.45, 2.75) is 41.5 Å². The van der Waals surface area contributed by atoms with Gasteiger partial charge in [-0.3, -0.25) is 0 Å². The van der Waals surface area contributed by atoms with Crippen LogP contribution in [0.1, 0.15) is 41.5 Å². The molecule has 0 aliphatic heterocycles. The molecule has 0 spiro atoms. The molecule has 0 unspecified atom stereocenters. The molecule has 0 rings (SSSR count). The summed E-state index contributed by atoms with van der Waals surface area (Å²) in [6.45, 7) is 5.83. The van der Waals surface area contributed by atoms with E-state index in [2.05, 4.69) is 0 Å². The van der Waals surface area contributed by atoms with Crippen LogP contribution in [0.2, 0.25) is 0 Å². The summed E-state index contributed by atoms with van der Waals surface area (Å²) in [7, 11) is 0. The monoisotopic (exact) mass is 818 g/mol. The Kier molecular flexibility index (Phi) is 155. The van der Waals surface area contributed by atoms with Gasteiger partial charge in [-0.2, -0.15) is 0 Å². The molecule has 0 radical (unpaired) electrons. The number of rotatable bonds is 0. The molecule has 0 saturated carbocycles. The maximum absolute atomic E-state index is 8.89. The Hall–Kier alpha value is -1.46. The molecule has 168 valence electrons. The predicted octanol–water partition coefficient (Wildman–Crippen LogP) is -10.7. The van der Waals surface area contributed by atoms with Crippen LogP contribution in [0.25, 0.3) is 0 Å². The molecular weight excluding hydrogens is 793 g/mol. The normalized spacial score (nSPS) is 5.17. The molecule has 0 bridgehead atoms. The van der Waals surface area contributed by atoms with E-state index in [1.54, 1.807) is 0 Å². The second-order valence-electron chi connectivity index (χ2n) is 2.95. The minimum absolute atomic E-state index is 0. The third-order valence-corrected chi connectivity index (χ3v) is 0. The van der Waals surface area contributed by atoms with Crippen LogP contribution in [0.5, 0.6) is 0 Å². The second-order valence-corrected chi connectivity index (χ2v) is 2.95. The largest absolute Gasteiger partial charge is 3.00 e. The van der Waals surface area contributed by atoms with Crippen LogP contribution in [-0.4, -0.2) is 107 Å². The zero-order valence-electron chi connectivity index (χ0n) is 16.6. The van der Waals surface area contributed by atoms with E-state index < -0.39 is 35.8 Å². The predicted molar refractivity (Wildman–Crippen MR) is 86.4 cm³/mol. The van der Waals surface area contributed by atoms with E-state index in [4.69, 9.17) is 59.4 Å². The number of carbonyl (C=O) groups is 6. The minimum Gasteiger partial charge on any atom is -0.550 e. The second kappa shape index (κ2) is 63.3. The fourth-order valence-electron chi connectivity index (χ4n) is 0. The molecule has 0 atom stereocenters. The van der Waals surface area contributed by atoms with E-state index in [-0.39, 0.29) is 71.0 Å². The molecule has 0 fully saturated rings. The fraction of sp³-hybridized carbons (Fsp3) is 0.500. The van der Waals surface area contributed by atoms with E-state index in [1.807, 2.05) is 0 Å². The van der Waals surface area contributed by atoms with Crippen molar-refractivity contribution in [2.24, 2.45) is 0 Å². The van der Waals surface area contributed by atoms with E-state index in [0.717, 1.165) is 41.5 Å². The number of carboxylic acid groups (broad SMARTS) is 6. The van der Waals surface area contributed by atoms with Crippen molar-refractivity contribution < 1.29 is 75.8 Å². The third-order valence-electron chi connectivity index (χ3n) is 0. The van der Waals surface area contributed by atoms with Crippen molar-refractivity contribution in [3.05, 3.63) is 0 Å². The van der Waals surface area contributed by atoms with Crippen molar-refractivity contribution in [1.82, 2.24) is 0 Å². The summed E-state index contributed by atoms with van der Waals surface area (Å²) >= 11 is 0. The molecule has 0 saturated heterocycles. The van der Waals surface area contributed by atoms with Gasteiger partial charge in [-0.15, -0.1) is 0 Å². The van der Waals surface area contributed by atoms with Crippen LogP contribution in [0.3, 0.4) is 0 Å². The zero-order chi connectivity index (χ0) is 21.5. The Balaban J connectivity index is -0.0000000144. The van der Waals surface area contributed by atoms with Gasteiger partial charge in [-0.05, 0) is 41.5 Å². The summed E-state index contributed by atoms with van der Waals surface area (Å²) in [5, 5.41) is 53.3. The van der Waals surface area contributed by atoms with Crippen molar-refractivity contribution in [2.75, 3.05) is 0 Å². The maximum atomic E-state index is 8.89. The van der Waals surface area contributed by atoms with Gasteiger partial charge < -0.3 is 75.8 Å². The number of aliphatic carboxylic acids is 6. The van der Waals surface area contributed by atoms with Crippen LogP contribution >= 0.6 is 0 Å². The fourth-order valence-corrected chi connectivity index (χ4v) is 0. The van der Waals surface area contributed by atoms with Gasteiger partial charge in [-0.1, -0.05) is 0 Å². The summed E-state index contributed by atoms with van der Waals surface area (Å²) in [6.07, 6.45) is 0. The van der Waals surface area contributed by atoms with Crippen LogP contribution < -0.4 is 30.6 Å². The Morgan fingerprint density at radius 3 is 0.345 bits per heavy atom. The average Bonchev–Trinajstić information content (AvgIpc) is 2.08. The maximum Gasteiger partial charge on any atom is 3.00 e. The summed E-state index contributed by atoms with van der Waals surface area (Å²) in [4.78, 5) is 53.3. The molecule has 29 heavy (non-hydrogen) atoms. The van der Waals surface area contributed by atoms with Gasteiger partial charge in [0.15, 0.2) is 0 Å². The summed E-state index contributed by atoms with van der Waals surface area (Å²) in [5.41, 5.74) is 0. The molecule has 0 aromatic heterocycles. The van der Waals surface area contributed by atoms with Gasteiger partial charge in [0.25, 0.3) is 0 Å². The zero-order valence-corrected chi connectivity index (χ0v) is 25.5. The smallest absolute Gasteiger partial charge is 0.550 e. The summed E-state index contributed by atoms with van der Waals surface area (Å²) < 4.78 is 0. The number of carboxylic acids is 6. The quantitative estimate of drug-likeness (QED) is 0.206. The van der Waals surface area contributed by atoms with Gasteiger partial charge in [-0.25, -0.2) is 0 Å². The van der Waals surface area contributed by atoms with Gasteiger partial charge in [0.1, 0.15) is 0 Å². The van der Waals surface area contributed by atoms with Gasteiger partial charge in [0, 0.05) is 35.8 Å². The molecule has 6 N–H and O–H groups in total. The van der Waals surface area contributed by atoms with E-state index in [9.17, 15) is 0 Å². The summed E-state index contributed by atoms with van der Waals surface area (Å²) in [5.74, 6) is -6.50. The van der Waals surface area contributed by atoms with E-state index >= 15 is 0 Å². The van der Waals surface area contributed by atoms with Crippen molar-refractivity contribution in [3.63, 3.8) is 0 Å². The molecule has 0 amide bonds. The van der Waals surface area contributed by atoms with Gasteiger partial charge in [0.05, 0.1) is 0 Å². The molecule has 0 heterocycles. The third kappa shape index (κ3) is 7540. The molecule has 15 nitrogen and oxygen atoms in total. The molecule has 0 aliphatic rings. The number of carbonyl (C=O) groups excluding carboxylic acids is 6. The van der Waals surface area contributed by atoms with Crippen molar-refractivity contribution >= 4 is 90.4 Å². The first-order chi connectivity index (χ1) is 10.4. The van der Waals surface area contributed by atoms with Gasteiger partial charge >= 0.3 is 54.6 Å². The van der Waals surface area contributed by atoms with Crippen LogP contribution in [0, 0.1) is 0 Å². The Labute approximate surface area is 207 Å². The van der Waals surface area contributed by atoms with Crippen LogP contribution in [-0.2, 0) is 28.8 Å². The van der Waals surface area contributed by atoms with Gasteiger partial charge in [0.2, 0.25) is 0 Å². The van der Waals surface area contributed by atoms with E-state index in [0.29, 0.717) is 0 Å². The standard InChI is InChI=1S/6C2H4O2.3H2O.2Tl/c6*1-2(3)4;;;;;/h6*1H3,(H,3,4);3*1H2;;/q;;;;;;;;;2*+3/p-6. The Bertz CT molecular complexity index is 268. The molecule has 0 aliphatic carbocycles. The Morgan fingerprint density at radius 1 is 0.345 bits per heavy atom. The van der Waals surface area contributed by atoms with Crippen LogP contribution in [0.4, 0.5) is 0 Å². The summed E-state index contributed by atoms with van der Waals surface area (Å²) in [6, 6.07) is 0. The average molecular weight is 817 g/mol. The van der Waals surface area contributed by atoms with Crippen molar-refractivity contribution in [1.29, 1.82) is 0 Å². The first-order valence-electron chi connectivity index (χ1n) is 5.45. The number of hydrogen-bond donors (Lipinski definition) is 0.